The molecule has 0 amide bonds. The number of ether oxygens (including phenoxy) is 1. The summed E-state index contributed by atoms with van der Waals surface area (Å²) in [5, 5.41) is 0.498. The van der Waals surface area contributed by atoms with Crippen LogP contribution in [0.2, 0.25) is 5.02 Å². The van der Waals surface area contributed by atoms with Gasteiger partial charge in [-0.15, -0.1) is 0 Å². The van der Waals surface area contributed by atoms with E-state index in [-0.39, 0.29) is 5.82 Å². The third-order valence-corrected chi connectivity index (χ3v) is 5.87. The Bertz CT molecular complexity index is 988. The number of halogens is 2. The number of methoxy groups -OCH3 is 1. The summed E-state index contributed by atoms with van der Waals surface area (Å²) in [6.45, 7) is 7.88. The molecule has 1 heterocycles. The predicted octanol–water partition coefficient (Wildman–Crippen LogP) is 5.78. The molecule has 32 heavy (non-hydrogen) atoms. The number of nitrogens with zero attached hydrogens (tertiary/aromatic N) is 2. The number of benzene rings is 2. The first-order valence-electron chi connectivity index (χ1n) is 10.9. The standard InChI is InChI=1S/C26H30ClFN2O2/c1-4-5-24(13-9-21-8-10-22(27)16-25(21)26(31)32-3)30-15-14-29(17-19(30)2)18-20-6-11-23(28)12-7-20/h5-13,16,19H,4,14-15,17-18H2,1-3H3/b13-9+,24-5?. The monoisotopic (exact) mass is 456 g/mol. The van der Waals surface area contributed by atoms with Crippen LogP contribution in [0.5, 0.6) is 0 Å². The molecule has 2 aromatic carbocycles. The summed E-state index contributed by atoms with van der Waals surface area (Å²) in [5.41, 5.74) is 3.47. The third kappa shape index (κ3) is 6.21. The molecule has 0 radical (unpaired) electrons. The highest BCUT2D eigenvalue weighted by Crippen LogP contribution is 2.23. The molecule has 0 spiro atoms. The number of carbonyl (C=O) groups excluding carboxylic acids is 1. The molecular weight excluding hydrogens is 427 g/mol. The van der Waals surface area contributed by atoms with E-state index in [1.807, 2.05) is 24.3 Å². The number of rotatable bonds is 7. The molecular formula is C26H30ClFN2O2. The maximum Gasteiger partial charge on any atom is 0.338 e. The molecule has 1 saturated heterocycles. The molecule has 1 aliphatic rings. The molecule has 1 atom stereocenters. The minimum atomic E-state index is -0.407. The van der Waals surface area contributed by atoms with Crippen molar-refractivity contribution in [3.05, 3.63) is 87.8 Å². The molecule has 0 aromatic heterocycles. The van der Waals surface area contributed by atoms with Gasteiger partial charge in [-0.25, -0.2) is 9.18 Å². The van der Waals surface area contributed by atoms with E-state index in [2.05, 4.69) is 35.8 Å². The highest BCUT2D eigenvalue weighted by molar-refractivity contribution is 6.31. The van der Waals surface area contributed by atoms with Crippen LogP contribution in [0.15, 0.2) is 60.3 Å². The van der Waals surface area contributed by atoms with Gasteiger partial charge in [-0.05, 0) is 54.8 Å². The van der Waals surface area contributed by atoms with Crippen LogP contribution in [0.3, 0.4) is 0 Å². The van der Waals surface area contributed by atoms with Crippen LogP contribution >= 0.6 is 11.6 Å². The second-order valence-corrected chi connectivity index (χ2v) is 8.43. The van der Waals surface area contributed by atoms with Crippen LogP contribution in [0, 0.1) is 5.82 Å². The van der Waals surface area contributed by atoms with Crippen LogP contribution in [0.4, 0.5) is 4.39 Å². The van der Waals surface area contributed by atoms with E-state index in [4.69, 9.17) is 16.3 Å². The summed E-state index contributed by atoms with van der Waals surface area (Å²) in [6.07, 6.45) is 7.12. The maximum absolute atomic E-state index is 13.2. The van der Waals surface area contributed by atoms with Crippen LogP contribution in [0.1, 0.15) is 41.8 Å². The van der Waals surface area contributed by atoms with E-state index in [1.54, 1.807) is 12.1 Å². The summed E-state index contributed by atoms with van der Waals surface area (Å²) in [6, 6.07) is 12.3. The first-order chi connectivity index (χ1) is 15.4. The maximum atomic E-state index is 13.2. The van der Waals surface area contributed by atoms with E-state index in [0.29, 0.717) is 16.6 Å². The van der Waals surface area contributed by atoms with Crippen LogP contribution in [-0.2, 0) is 11.3 Å². The van der Waals surface area contributed by atoms with Gasteiger partial charge in [-0.1, -0.05) is 48.9 Å². The van der Waals surface area contributed by atoms with Gasteiger partial charge in [0.25, 0.3) is 0 Å². The zero-order valence-corrected chi connectivity index (χ0v) is 19.6. The third-order valence-electron chi connectivity index (χ3n) is 5.63. The van der Waals surface area contributed by atoms with Crippen LogP contribution in [0.25, 0.3) is 6.08 Å². The Balaban J connectivity index is 1.72. The fraction of sp³-hybridized carbons (Fsp3) is 0.346. The van der Waals surface area contributed by atoms with Crippen molar-refractivity contribution in [3.8, 4) is 0 Å². The minimum Gasteiger partial charge on any atom is -0.465 e. The van der Waals surface area contributed by atoms with Gasteiger partial charge in [-0.3, -0.25) is 4.90 Å². The molecule has 1 unspecified atom stereocenters. The Morgan fingerprint density at radius 2 is 1.97 bits per heavy atom. The van der Waals surface area contributed by atoms with Gasteiger partial charge in [-0.2, -0.15) is 0 Å². The fourth-order valence-corrected chi connectivity index (χ4v) is 4.21. The van der Waals surface area contributed by atoms with Gasteiger partial charge >= 0.3 is 5.97 Å². The van der Waals surface area contributed by atoms with Crippen molar-refractivity contribution in [2.24, 2.45) is 0 Å². The Labute approximate surface area is 194 Å². The van der Waals surface area contributed by atoms with Crippen LogP contribution in [-0.4, -0.2) is 48.6 Å². The highest BCUT2D eigenvalue weighted by atomic mass is 35.5. The van der Waals surface area contributed by atoms with Crippen molar-refractivity contribution in [2.45, 2.75) is 32.9 Å². The molecule has 2 aromatic rings. The van der Waals surface area contributed by atoms with E-state index in [9.17, 15) is 9.18 Å². The van der Waals surface area contributed by atoms with E-state index in [1.165, 1.54) is 19.2 Å². The van der Waals surface area contributed by atoms with Crippen molar-refractivity contribution in [1.82, 2.24) is 9.80 Å². The number of hydrogen-bond acceptors (Lipinski definition) is 4. The number of esters is 1. The summed E-state index contributed by atoms with van der Waals surface area (Å²) in [5.74, 6) is -0.611. The van der Waals surface area contributed by atoms with Gasteiger partial charge in [0, 0.05) is 42.9 Å². The van der Waals surface area contributed by atoms with E-state index >= 15 is 0 Å². The largest absolute Gasteiger partial charge is 0.465 e. The lowest BCUT2D eigenvalue weighted by Gasteiger charge is -2.42. The quantitative estimate of drug-likeness (QED) is 0.390. The molecule has 3 rings (SSSR count). The second kappa shape index (κ2) is 11.3. The van der Waals surface area contributed by atoms with Gasteiger partial charge in [0.05, 0.1) is 12.7 Å². The van der Waals surface area contributed by atoms with Crippen molar-refractivity contribution < 1.29 is 13.9 Å². The molecule has 1 fully saturated rings. The second-order valence-electron chi connectivity index (χ2n) is 8.00. The lowest BCUT2D eigenvalue weighted by atomic mass is 10.1. The molecule has 170 valence electrons. The van der Waals surface area contributed by atoms with Gasteiger partial charge < -0.3 is 9.64 Å². The first-order valence-corrected chi connectivity index (χ1v) is 11.3. The van der Waals surface area contributed by atoms with E-state index < -0.39 is 5.97 Å². The zero-order chi connectivity index (χ0) is 23.1. The van der Waals surface area contributed by atoms with Gasteiger partial charge in [0.1, 0.15) is 5.82 Å². The van der Waals surface area contributed by atoms with Crippen molar-refractivity contribution in [3.63, 3.8) is 0 Å². The molecule has 0 saturated carbocycles. The van der Waals surface area contributed by atoms with Gasteiger partial charge in [0.15, 0.2) is 0 Å². The Morgan fingerprint density at radius 1 is 1.22 bits per heavy atom. The summed E-state index contributed by atoms with van der Waals surface area (Å²) in [4.78, 5) is 16.9. The first kappa shape index (κ1) is 24.0. The lowest BCUT2D eigenvalue weighted by molar-refractivity contribution is 0.0600. The van der Waals surface area contributed by atoms with Gasteiger partial charge in [0.2, 0.25) is 0 Å². The predicted molar refractivity (Wildman–Crippen MR) is 128 cm³/mol. The summed E-state index contributed by atoms with van der Waals surface area (Å²) >= 11 is 6.08. The molecule has 1 aliphatic heterocycles. The summed E-state index contributed by atoms with van der Waals surface area (Å²) < 4.78 is 18.1. The molecule has 4 nitrogen and oxygen atoms in total. The number of hydrogen-bond donors (Lipinski definition) is 0. The topological polar surface area (TPSA) is 32.8 Å². The van der Waals surface area contributed by atoms with Crippen molar-refractivity contribution in [2.75, 3.05) is 26.7 Å². The zero-order valence-electron chi connectivity index (χ0n) is 18.9. The normalized spacial score (nSPS) is 17.7. The Kier molecular flexibility index (Phi) is 8.48. The highest BCUT2D eigenvalue weighted by Gasteiger charge is 2.24. The van der Waals surface area contributed by atoms with Crippen LogP contribution < -0.4 is 0 Å². The SMILES string of the molecule is CCC=C(/C=C/c1ccc(Cl)cc1C(=O)OC)N1CCN(Cc2ccc(F)cc2)CC1C. The summed E-state index contributed by atoms with van der Waals surface area (Å²) in [7, 11) is 1.37. The molecule has 0 N–H and O–H groups in total. The lowest BCUT2D eigenvalue weighted by Crippen LogP contribution is -2.50. The Morgan fingerprint density at radius 3 is 2.62 bits per heavy atom. The number of piperazine rings is 1. The number of carbonyl (C=O) groups is 1. The van der Waals surface area contributed by atoms with Crippen molar-refractivity contribution >= 4 is 23.6 Å². The molecule has 6 heteroatoms. The molecule has 0 bridgehead atoms. The molecule has 0 aliphatic carbocycles. The fourth-order valence-electron chi connectivity index (χ4n) is 4.03. The number of allylic oxidation sites excluding steroid dienone is 2. The average molecular weight is 457 g/mol. The smallest absolute Gasteiger partial charge is 0.338 e. The van der Waals surface area contributed by atoms with E-state index in [0.717, 1.165) is 49.4 Å². The average Bonchev–Trinajstić information content (AvgIpc) is 2.78. The minimum absolute atomic E-state index is 0.205. The van der Waals surface area contributed by atoms with Crippen molar-refractivity contribution in [1.29, 1.82) is 0 Å². The Hall–Kier alpha value is -2.63.